The molecule has 2 aliphatic rings. The Kier molecular flexibility index (Phi) is 2.47. The number of nitrogens with two attached hydrogens (primary N) is 1. The van der Waals surface area contributed by atoms with Gasteiger partial charge in [0.15, 0.2) is 0 Å². The van der Waals surface area contributed by atoms with Crippen LogP contribution < -0.4 is 5.73 Å². The average molecular weight is 200 g/mol. The molecule has 0 aliphatic carbocycles. The average Bonchev–Trinajstić information content (AvgIpc) is 2.51. The summed E-state index contributed by atoms with van der Waals surface area (Å²) in [5.41, 5.74) is 5.16. The van der Waals surface area contributed by atoms with Gasteiger partial charge in [-0.2, -0.15) is 0 Å². The molecule has 0 aromatic carbocycles. The Balaban J connectivity index is 1.90. The quantitative estimate of drug-likeness (QED) is 0.618. The van der Waals surface area contributed by atoms with Gasteiger partial charge in [-0.15, -0.1) is 0 Å². The highest BCUT2D eigenvalue weighted by Gasteiger charge is 2.44. The summed E-state index contributed by atoms with van der Waals surface area (Å²) in [5.74, 6) is 0.00306. The molecule has 0 aromatic heterocycles. The third-order valence-electron chi connectivity index (χ3n) is 2.95. The summed E-state index contributed by atoms with van der Waals surface area (Å²) >= 11 is 0. The molecule has 2 fully saturated rings. The molecule has 1 amide bonds. The maximum absolute atomic E-state index is 11.9. The molecule has 2 saturated heterocycles. The van der Waals surface area contributed by atoms with Crippen molar-refractivity contribution in [1.82, 2.24) is 4.90 Å². The second kappa shape index (κ2) is 3.49. The summed E-state index contributed by atoms with van der Waals surface area (Å²) in [5, 5.41) is 0. The number of amides is 1. The zero-order valence-corrected chi connectivity index (χ0v) is 8.36. The van der Waals surface area contributed by atoms with Crippen LogP contribution in [0.5, 0.6) is 0 Å². The molecule has 14 heavy (non-hydrogen) atoms. The molecule has 80 valence electrons. The number of carbonyl (C=O) groups is 1. The highest BCUT2D eigenvalue weighted by molar-refractivity contribution is 5.87. The van der Waals surface area contributed by atoms with Crippen molar-refractivity contribution in [2.45, 2.75) is 18.1 Å². The van der Waals surface area contributed by atoms with Crippen molar-refractivity contribution in [3.05, 3.63) is 0 Å². The number of rotatable bonds is 2. The number of carbonyl (C=O) groups excluding carboxylic acids is 1. The van der Waals surface area contributed by atoms with Gasteiger partial charge in [0.05, 0.1) is 12.7 Å². The first-order chi connectivity index (χ1) is 6.65. The van der Waals surface area contributed by atoms with Gasteiger partial charge in [0.2, 0.25) is 5.91 Å². The summed E-state index contributed by atoms with van der Waals surface area (Å²) in [6, 6.07) is 0. The second-order valence-corrected chi connectivity index (χ2v) is 4.03. The van der Waals surface area contributed by atoms with Crippen LogP contribution in [0.1, 0.15) is 6.42 Å². The fourth-order valence-electron chi connectivity index (χ4n) is 1.82. The third kappa shape index (κ3) is 1.51. The van der Waals surface area contributed by atoms with E-state index in [0.29, 0.717) is 32.7 Å². The van der Waals surface area contributed by atoms with Crippen LogP contribution in [0, 0.1) is 0 Å². The summed E-state index contributed by atoms with van der Waals surface area (Å²) in [7, 11) is 1.66. The predicted octanol–water partition coefficient (Wildman–Crippen LogP) is -1.04. The molecule has 0 bridgehead atoms. The van der Waals surface area contributed by atoms with E-state index in [0.717, 1.165) is 0 Å². The fourth-order valence-corrected chi connectivity index (χ4v) is 1.82. The third-order valence-corrected chi connectivity index (χ3v) is 2.95. The molecule has 1 unspecified atom stereocenters. The van der Waals surface area contributed by atoms with Gasteiger partial charge in [0, 0.05) is 26.8 Å². The lowest BCUT2D eigenvalue weighted by Gasteiger charge is -2.41. The van der Waals surface area contributed by atoms with Gasteiger partial charge in [0.25, 0.3) is 0 Å². The zero-order chi connectivity index (χ0) is 10.2. The molecule has 0 spiro atoms. The Bertz CT molecular complexity index is 232. The fraction of sp³-hybridized carbons (Fsp3) is 0.889. The Labute approximate surface area is 83.1 Å². The van der Waals surface area contributed by atoms with E-state index in [2.05, 4.69) is 0 Å². The molecular formula is C9H16N2O3. The minimum absolute atomic E-state index is 0.00306. The Hall–Kier alpha value is -0.650. The smallest absolute Gasteiger partial charge is 0.245 e. The molecule has 5 nitrogen and oxygen atoms in total. The van der Waals surface area contributed by atoms with Crippen LogP contribution in [0.3, 0.4) is 0 Å². The Morgan fingerprint density at radius 1 is 1.64 bits per heavy atom. The van der Waals surface area contributed by atoms with E-state index in [1.54, 1.807) is 12.0 Å². The van der Waals surface area contributed by atoms with Crippen molar-refractivity contribution >= 4 is 5.91 Å². The highest BCUT2D eigenvalue weighted by atomic mass is 16.5. The van der Waals surface area contributed by atoms with Crippen molar-refractivity contribution in [1.29, 1.82) is 0 Å². The lowest BCUT2D eigenvalue weighted by molar-refractivity contribution is -0.148. The van der Waals surface area contributed by atoms with Crippen LogP contribution in [0.4, 0.5) is 0 Å². The van der Waals surface area contributed by atoms with Crippen LogP contribution in [0.15, 0.2) is 0 Å². The number of nitrogens with zero attached hydrogens (tertiary/aromatic N) is 1. The van der Waals surface area contributed by atoms with Crippen molar-refractivity contribution in [3.8, 4) is 0 Å². The molecule has 2 heterocycles. The maximum Gasteiger partial charge on any atom is 0.245 e. The van der Waals surface area contributed by atoms with Gasteiger partial charge in [-0.05, 0) is 6.42 Å². The van der Waals surface area contributed by atoms with Crippen molar-refractivity contribution in [2.75, 3.05) is 33.4 Å². The van der Waals surface area contributed by atoms with Gasteiger partial charge in [0.1, 0.15) is 5.54 Å². The number of likely N-dealkylation sites (tertiary alicyclic amines) is 1. The normalized spacial score (nSPS) is 33.1. The van der Waals surface area contributed by atoms with Gasteiger partial charge in [-0.1, -0.05) is 0 Å². The Morgan fingerprint density at radius 3 is 2.86 bits per heavy atom. The van der Waals surface area contributed by atoms with E-state index in [4.69, 9.17) is 15.2 Å². The summed E-state index contributed by atoms with van der Waals surface area (Å²) in [6.07, 6.45) is 0.810. The first-order valence-electron chi connectivity index (χ1n) is 4.84. The van der Waals surface area contributed by atoms with Crippen molar-refractivity contribution in [3.63, 3.8) is 0 Å². The van der Waals surface area contributed by atoms with E-state index in [-0.39, 0.29) is 12.0 Å². The van der Waals surface area contributed by atoms with Crippen LogP contribution >= 0.6 is 0 Å². The molecule has 2 N–H and O–H groups in total. The van der Waals surface area contributed by atoms with Crippen molar-refractivity contribution in [2.24, 2.45) is 5.73 Å². The van der Waals surface area contributed by atoms with Crippen molar-refractivity contribution < 1.29 is 14.3 Å². The predicted molar refractivity (Wildman–Crippen MR) is 49.7 cm³/mol. The summed E-state index contributed by atoms with van der Waals surface area (Å²) < 4.78 is 10.2. The minimum atomic E-state index is -0.779. The number of ether oxygens (including phenoxy) is 2. The van der Waals surface area contributed by atoms with Gasteiger partial charge in [-0.3, -0.25) is 4.79 Å². The Morgan fingerprint density at radius 2 is 2.36 bits per heavy atom. The summed E-state index contributed by atoms with van der Waals surface area (Å²) in [6.45, 7) is 2.26. The highest BCUT2D eigenvalue weighted by Crippen LogP contribution is 2.22. The lowest BCUT2D eigenvalue weighted by atomic mass is 9.96. The number of hydrogen-bond donors (Lipinski definition) is 1. The van der Waals surface area contributed by atoms with E-state index in [9.17, 15) is 4.79 Å². The molecular weight excluding hydrogens is 184 g/mol. The first-order valence-corrected chi connectivity index (χ1v) is 4.84. The maximum atomic E-state index is 11.9. The van der Waals surface area contributed by atoms with E-state index in [1.165, 1.54) is 0 Å². The standard InChI is InChI=1S/C9H16N2O3/c1-13-7-4-11(5-7)8(12)9(10)2-3-14-6-9/h7H,2-6,10H2,1H3. The van der Waals surface area contributed by atoms with Crippen LogP contribution in [-0.2, 0) is 14.3 Å². The molecule has 0 radical (unpaired) electrons. The van der Waals surface area contributed by atoms with Crippen LogP contribution in [0.2, 0.25) is 0 Å². The number of hydrogen-bond acceptors (Lipinski definition) is 4. The topological polar surface area (TPSA) is 64.8 Å². The monoisotopic (exact) mass is 200 g/mol. The molecule has 1 atom stereocenters. The molecule has 2 aliphatic heterocycles. The molecule has 5 heteroatoms. The first kappa shape index (κ1) is 9.89. The zero-order valence-electron chi connectivity index (χ0n) is 8.36. The molecule has 0 aromatic rings. The van der Waals surface area contributed by atoms with Gasteiger partial charge < -0.3 is 20.1 Å². The van der Waals surface area contributed by atoms with E-state index in [1.807, 2.05) is 0 Å². The van der Waals surface area contributed by atoms with Gasteiger partial charge >= 0.3 is 0 Å². The van der Waals surface area contributed by atoms with E-state index < -0.39 is 5.54 Å². The van der Waals surface area contributed by atoms with Crippen LogP contribution in [-0.4, -0.2) is 55.9 Å². The largest absolute Gasteiger partial charge is 0.379 e. The summed E-state index contributed by atoms with van der Waals surface area (Å²) in [4.78, 5) is 13.6. The minimum Gasteiger partial charge on any atom is -0.379 e. The van der Waals surface area contributed by atoms with Gasteiger partial charge in [-0.25, -0.2) is 0 Å². The molecule has 2 rings (SSSR count). The second-order valence-electron chi connectivity index (χ2n) is 4.03. The van der Waals surface area contributed by atoms with Crippen LogP contribution in [0.25, 0.3) is 0 Å². The lowest BCUT2D eigenvalue weighted by Crippen LogP contribution is -2.64. The number of methoxy groups -OCH3 is 1. The SMILES string of the molecule is COC1CN(C(=O)C2(N)CCOC2)C1. The molecule has 0 saturated carbocycles. The van der Waals surface area contributed by atoms with E-state index >= 15 is 0 Å².